The van der Waals surface area contributed by atoms with E-state index in [1.54, 1.807) is 26.4 Å². The number of amides is 2. The van der Waals surface area contributed by atoms with Crippen molar-refractivity contribution in [2.24, 2.45) is 0 Å². The van der Waals surface area contributed by atoms with Crippen molar-refractivity contribution in [2.75, 3.05) is 19.4 Å². The van der Waals surface area contributed by atoms with E-state index in [0.29, 0.717) is 5.56 Å². The van der Waals surface area contributed by atoms with E-state index in [4.69, 9.17) is 0 Å². The molecule has 8 nitrogen and oxygen atoms in total. The number of likely N-dealkylation sites (N-methyl/N-ethyl adjacent to an activating group) is 1. The van der Waals surface area contributed by atoms with Gasteiger partial charge in [-0.05, 0) is 54.8 Å². The van der Waals surface area contributed by atoms with Crippen LogP contribution in [0.1, 0.15) is 29.7 Å². The predicted octanol–water partition coefficient (Wildman–Crippen LogP) is 4.01. The Morgan fingerprint density at radius 2 is 1.71 bits per heavy atom. The lowest BCUT2D eigenvalue weighted by molar-refractivity contribution is -0.137. The van der Waals surface area contributed by atoms with Gasteiger partial charge in [0, 0.05) is 68.0 Å². The highest BCUT2D eigenvalue weighted by molar-refractivity contribution is 5.94. The number of aliphatic hydroxyl groups excluding tert-OH is 1. The van der Waals surface area contributed by atoms with Gasteiger partial charge in [-0.25, -0.2) is 4.98 Å². The molecule has 1 unspecified atom stereocenters. The molecular weight excluding hydrogens is 430 g/mol. The van der Waals surface area contributed by atoms with Crippen LogP contribution in [0.5, 0.6) is 0 Å². The van der Waals surface area contributed by atoms with Crippen molar-refractivity contribution in [1.29, 1.82) is 0 Å². The summed E-state index contributed by atoms with van der Waals surface area (Å²) in [6.45, 7) is 5.40. The van der Waals surface area contributed by atoms with Gasteiger partial charge in [0.1, 0.15) is 5.65 Å². The van der Waals surface area contributed by atoms with Gasteiger partial charge in [-0.1, -0.05) is 12.1 Å². The van der Waals surface area contributed by atoms with Gasteiger partial charge in [-0.3, -0.25) is 14.6 Å². The van der Waals surface area contributed by atoms with Crippen molar-refractivity contribution in [1.82, 2.24) is 19.9 Å². The SMILES string of the molecule is CC(=O)Nc1ccc(-c2c[nH]c3ncc(C)cc23)cc1.Cc1cncc(C(O)C(=O)N(C)C)c1. The van der Waals surface area contributed by atoms with Crippen LogP contribution in [0.2, 0.25) is 0 Å². The Morgan fingerprint density at radius 1 is 1.03 bits per heavy atom. The second-order valence-electron chi connectivity index (χ2n) is 8.30. The lowest BCUT2D eigenvalue weighted by Crippen LogP contribution is -2.28. The molecule has 1 aromatic carbocycles. The highest BCUT2D eigenvalue weighted by Crippen LogP contribution is 2.29. The Hall–Kier alpha value is -4.04. The maximum Gasteiger partial charge on any atom is 0.255 e. The first-order valence-corrected chi connectivity index (χ1v) is 10.8. The topological polar surface area (TPSA) is 111 Å². The maximum atomic E-state index is 11.4. The molecule has 0 aliphatic heterocycles. The Kier molecular flexibility index (Phi) is 7.75. The number of rotatable bonds is 4. The summed E-state index contributed by atoms with van der Waals surface area (Å²) >= 11 is 0. The maximum absolute atomic E-state index is 11.4. The second kappa shape index (κ2) is 10.7. The third kappa shape index (κ3) is 6.05. The standard InChI is InChI=1S/C16H15N3O.C10H14N2O2/c1-10-7-14-15(9-18-16(14)17-8-10)12-3-5-13(6-4-12)19-11(2)20;1-7-4-8(6-11-5-7)9(13)10(14)12(2)3/h3-9H,1-2H3,(H,17,18)(H,19,20);4-6,9,13H,1-3H3. The summed E-state index contributed by atoms with van der Waals surface area (Å²) in [4.78, 5) is 35.2. The highest BCUT2D eigenvalue weighted by atomic mass is 16.3. The average molecular weight is 460 g/mol. The van der Waals surface area contributed by atoms with Gasteiger partial charge < -0.3 is 20.3 Å². The smallest absolute Gasteiger partial charge is 0.255 e. The number of H-pyrrole nitrogens is 1. The number of aromatic nitrogens is 3. The lowest BCUT2D eigenvalue weighted by atomic mass is 10.0. The molecule has 0 spiro atoms. The summed E-state index contributed by atoms with van der Waals surface area (Å²) in [6, 6.07) is 11.7. The van der Waals surface area contributed by atoms with Crippen LogP contribution in [0.25, 0.3) is 22.2 Å². The van der Waals surface area contributed by atoms with Gasteiger partial charge >= 0.3 is 0 Å². The Labute approximate surface area is 198 Å². The normalized spacial score (nSPS) is 11.4. The summed E-state index contributed by atoms with van der Waals surface area (Å²) in [5.74, 6) is -0.401. The van der Waals surface area contributed by atoms with E-state index in [1.807, 2.05) is 50.5 Å². The van der Waals surface area contributed by atoms with Crippen molar-refractivity contribution < 1.29 is 14.7 Å². The van der Waals surface area contributed by atoms with Crippen LogP contribution in [0.4, 0.5) is 5.69 Å². The number of anilines is 1. The van der Waals surface area contributed by atoms with Crippen LogP contribution in [0.3, 0.4) is 0 Å². The number of benzene rings is 1. The Morgan fingerprint density at radius 3 is 2.32 bits per heavy atom. The number of hydrogen-bond acceptors (Lipinski definition) is 5. The van der Waals surface area contributed by atoms with E-state index in [1.165, 1.54) is 18.0 Å². The van der Waals surface area contributed by atoms with Gasteiger partial charge in [0.05, 0.1) is 0 Å². The third-order valence-corrected chi connectivity index (χ3v) is 5.07. The summed E-state index contributed by atoms with van der Waals surface area (Å²) in [6.07, 6.45) is 5.88. The molecular formula is C26H29N5O3. The van der Waals surface area contributed by atoms with Crippen LogP contribution in [-0.4, -0.2) is 50.9 Å². The van der Waals surface area contributed by atoms with Gasteiger partial charge in [0.15, 0.2) is 6.10 Å². The van der Waals surface area contributed by atoms with Crippen LogP contribution >= 0.6 is 0 Å². The molecule has 4 aromatic rings. The molecule has 0 aliphatic rings. The van der Waals surface area contributed by atoms with Crippen molar-refractivity contribution in [3.05, 3.63) is 77.9 Å². The molecule has 8 heteroatoms. The van der Waals surface area contributed by atoms with E-state index in [-0.39, 0.29) is 11.8 Å². The third-order valence-electron chi connectivity index (χ3n) is 5.07. The molecule has 34 heavy (non-hydrogen) atoms. The zero-order valence-corrected chi connectivity index (χ0v) is 20.0. The summed E-state index contributed by atoms with van der Waals surface area (Å²) in [7, 11) is 3.21. The first-order chi connectivity index (χ1) is 16.2. The van der Waals surface area contributed by atoms with Crippen molar-refractivity contribution in [3.63, 3.8) is 0 Å². The van der Waals surface area contributed by atoms with Crippen LogP contribution in [0.15, 0.2) is 61.2 Å². The minimum absolute atomic E-state index is 0.0651. The number of pyridine rings is 2. The second-order valence-corrected chi connectivity index (χ2v) is 8.30. The summed E-state index contributed by atoms with van der Waals surface area (Å²) < 4.78 is 0. The number of nitrogens with one attached hydrogen (secondary N) is 2. The van der Waals surface area contributed by atoms with Gasteiger partial charge in [-0.15, -0.1) is 0 Å². The Bertz CT molecular complexity index is 1300. The van der Waals surface area contributed by atoms with Crippen LogP contribution < -0.4 is 5.32 Å². The Balaban J connectivity index is 0.000000204. The fourth-order valence-electron chi connectivity index (χ4n) is 3.40. The molecule has 2 amide bonds. The number of aryl methyl sites for hydroxylation is 2. The number of carbonyl (C=O) groups is 2. The molecule has 4 rings (SSSR count). The summed E-state index contributed by atoms with van der Waals surface area (Å²) in [5.41, 5.74) is 6.49. The number of carbonyl (C=O) groups excluding carboxylic acids is 2. The zero-order chi connectivity index (χ0) is 24.8. The molecule has 3 heterocycles. The molecule has 0 fully saturated rings. The van der Waals surface area contributed by atoms with Gasteiger partial charge in [0.25, 0.3) is 5.91 Å². The van der Waals surface area contributed by atoms with Crippen LogP contribution in [-0.2, 0) is 9.59 Å². The number of aromatic amines is 1. The van der Waals surface area contributed by atoms with E-state index in [9.17, 15) is 14.7 Å². The molecule has 0 aliphatic carbocycles. The van der Waals surface area contributed by atoms with E-state index in [0.717, 1.165) is 39.0 Å². The first-order valence-electron chi connectivity index (χ1n) is 10.8. The molecule has 176 valence electrons. The minimum Gasteiger partial charge on any atom is -0.378 e. The van der Waals surface area contributed by atoms with E-state index in [2.05, 4.69) is 26.3 Å². The first kappa shape index (κ1) is 24.6. The quantitative estimate of drug-likeness (QED) is 0.427. The largest absolute Gasteiger partial charge is 0.378 e. The number of hydrogen-bond donors (Lipinski definition) is 3. The van der Waals surface area contributed by atoms with Gasteiger partial charge in [-0.2, -0.15) is 0 Å². The fourth-order valence-corrected chi connectivity index (χ4v) is 3.40. The van der Waals surface area contributed by atoms with E-state index < -0.39 is 6.10 Å². The monoisotopic (exact) mass is 459 g/mol. The average Bonchev–Trinajstić information content (AvgIpc) is 3.21. The molecule has 3 N–H and O–H groups in total. The number of nitrogens with zero attached hydrogens (tertiary/aromatic N) is 3. The molecule has 3 aromatic heterocycles. The zero-order valence-electron chi connectivity index (χ0n) is 20.0. The van der Waals surface area contributed by atoms with Crippen molar-refractivity contribution in [2.45, 2.75) is 26.9 Å². The molecule has 0 radical (unpaired) electrons. The predicted molar refractivity (Wildman–Crippen MR) is 133 cm³/mol. The highest BCUT2D eigenvalue weighted by Gasteiger charge is 2.19. The van der Waals surface area contributed by atoms with Crippen molar-refractivity contribution in [3.8, 4) is 11.1 Å². The van der Waals surface area contributed by atoms with Gasteiger partial charge in [0.2, 0.25) is 5.91 Å². The molecule has 0 saturated heterocycles. The van der Waals surface area contributed by atoms with Crippen LogP contribution in [0, 0.1) is 13.8 Å². The molecule has 0 saturated carbocycles. The minimum atomic E-state index is -1.11. The lowest BCUT2D eigenvalue weighted by Gasteiger charge is -2.15. The molecule has 1 atom stereocenters. The fraction of sp³-hybridized carbons (Fsp3) is 0.231. The number of fused-ring (bicyclic) bond motifs is 1. The van der Waals surface area contributed by atoms with Crippen molar-refractivity contribution >= 4 is 28.5 Å². The molecule has 0 bridgehead atoms. The summed E-state index contributed by atoms with van der Waals surface area (Å²) in [5, 5.41) is 13.5. The van der Waals surface area contributed by atoms with E-state index >= 15 is 0 Å². The number of aliphatic hydroxyl groups is 1.